The topological polar surface area (TPSA) is 38.9 Å². The van der Waals surface area contributed by atoms with E-state index < -0.39 is 0 Å². The molecule has 1 aliphatic rings. The molecule has 1 fully saturated rings. The molecule has 0 aliphatic heterocycles. The van der Waals surface area contributed by atoms with Crippen LogP contribution in [0.1, 0.15) is 38.3 Å². The number of nitrogens with zero attached hydrogens (tertiary/aromatic N) is 1. The van der Waals surface area contributed by atoms with Crippen LogP contribution in [0, 0.1) is 0 Å². The lowest BCUT2D eigenvalue weighted by atomic mass is 9.65. The summed E-state index contributed by atoms with van der Waals surface area (Å²) >= 11 is 1.56. The van der Waals surface area contributed by atoms with Crippen LogP contribution in [0.3, 0.4) is 0 Å². The number of rotatable bonds is 2. The first-order valence-electron chi connectivity index (χ1n) is 4.48. The van der Waals surface area contributed by atoms with E-state index in [2.05, 4.69) is 17.3 Å². The molecule has 0 unspecified atom stereocenters. The molecule has 0 aromatic carbocycles. The van der Waals surface area contributed by atoms with Crippen LogP contribution in [0.15, 0.2) is 5.38 Å². The first-order chi connectivity index (χ1) is 5.77. The van der Waals surface area contributed by atoms with E-state index in [9.17, 15) is 0 Å². The zero-order valence-electron chi connectivity index (χ0n) is 7.34. The van der Waals surface area contributed by atoms with Crippen molar-refractivity contribution >= 4 is 16.5 Å². The van der Waals surface area contributed by atoms with Crippen molar-refractivity contribution in [1.82, 2.24) is 4.98 Å². The normalized spacial score (nSPS) is 20.4. The zero-order chi connectivity index (χ0) is 8.60. The minimum absolute atomic E-state index is 0.397. The number of aromatic nitrogens is 1. The maximum absolute atomic E-state index is 5.62. The van der Waals surface area contributed by atoms with Crippen LogP contribution in [0.25, 0.3) is 0 Å². The van der Waals surface area contributed by atoms with Crippen LogP contribution in [0.5, 0.6) is 0 Å². The van der Waals surface area contributed by atoms with Crippen molar-refractivity contribution in [3.05, 3.63) is 11.1 Å². The van der Waals surface area contributed by atoms with Gasteiger partial charge in [-0.05, 0) is 19.3 Å². The highest BCUT2D eigenvalue weighted by Crippen LogP contribution is 2.46. The van der Waals surface area contributed by atoms with Gasteiger partial charge in [-0.25, -0.2) is 4.98 Å². The van der Waals surface area contributed by atoms with Crippen molar-refractivity contribution in [3.63, 3.8) is 0 Å². The molecule has 66 valence electrons. The molecule has 1 saturated carbocycles. The van der Waals surface area contributed by atoms with E-state index in [1.807, 2.05) is 0 Å². The van der Waals surface area contributed by atoms with Crippen molar-refractivity contribution in [2.45, 2.75) is 38.0 Å². The summed E-state index contributed by atoms with van der Waals surface area (Å²) in [5.74, 6) is 0. The van der Waals surface area contributed by atoms with Crippen LogP contribution >= 0.6 is 11.3 Å². The van der Waals surface area contributed by atoms with E-state index in [0.717, 1.165) is 0 Å². The van der Waals surface area contributed by atoms with E-state index >= 15 is 0 Å². The Labute approximate surface area is 76.8 Å². The van der Waals surface area contributed by atoms with E-state index in [-0.39, 0.29) is 0 Å². The molecule has 2 N–H and O–H groups in total. The highest BCUT2D eigenvalue weighted by atomic mass is 32.1. The first-order valence-corrected chi connectivity index (χ1v) is 5.36. The van der Waals surface area contributed by atoms with Gasteiger partial charge in [-0.3, -0.25) is 0 Å². The summed E-state index contributed by atoms with van der Waals surface area (Å²) < 4.78 is 0. The van der Waals surface area contributed by atoms with Gasteiger partial charge >= 0.3 is 0 Å². The summed E-state index contributed by atoms with van der Waals surface area (Å²) in [7, 11) is 0. The summed E-state index contributed by atoms with van der Waals surface area (Å²) in [5.41, 5.74) is 7.25. The molecular weight excluding hydrogens is 168 g/mol. The maximum atomic E-state index is 5.62. The van der Waals surface area contributed by atoms with Crippen LogP contribution in [-0.2, 0) is 5.41 Å². The predicted molar refractivity (Wildman–Crippen MR) is 52.3 cm³/mol. The van der Waals surface area contributed by atoms with Crippen molar-refractivity contribution < 1.29 is 0 Å². The van der Waals surface area contributed by atoms with Gasteiger partial charge < -0.3 is 5.73 Å². The smallest absolute Gasteiger partial charge is 0.180 e. The zero-order valence-corrected chi connectivity index (χ0v) is 8.16. The Morgan fingerprint density at radius 1 is 1.67 bits per heavy atom. The molecule has 0 bridgehead atoms. The average Bonchev–Trinajstić information content (AvgIpc) is 2.35. The van der Waals surface area contributed by atoms with Gasteiger partial charge in [-0.15, -0.1) is 11.3 Å². The molecule has 12 heavy (non-hydrogen) atoms. The third-order valence-corrected chi connectivity index (χ3v) is 3.73. The van der Waals surface area contributed by atoms with Crippen molar-refractivity contribution in [2.75, 3.05) is 5.73 Å². The Morgan fingerprint density at radius 2 is 2.42 bits per heavy atom. The van der Waals surface area contributed by atoms with Gasteiger partial charge in [-0.1, -0.05) is 13.3 Å². The second kappa shape index (κ2) is 2.73. The lowest BCUT2D eigenvalue weighted by Gasteiger charge is -2.39. The minimum Gasteiger partial charge on any atom is -0.375 e. The second-order valence-corrected chi connectivity index (χ2v) is 4.45. The molecule has 0 atom stereocenters. The van der Waals surface area contributed by atoms with Crippen LogP contribution in [0.2, 0.25) is 0 Å². The lowest BCUT2D eigenvalue weighted by Crippen LogP contribution is -2.33. The van der Waals surface area contributed by atoms with E-state index in [1.165, 1.54) is 31.4 Å². The van der Waals surface area contributed by atoms with E-state index in [4.69, 9.17) is 5.73 Å². The van der Waals surface area contributed by atoms with E-state index in [0.29, 0.717) is 10.5 Å². The molecule has 1 aliphatic carbocycles. The Kier molecular flexibility index (Phi) is 1.83. The highest BCUT2D eigenvalue weighted by Gasteiger charge is 2.38. The second-order valence-electron chi connectivity index (χ2n) is 3.56. The molecule has 3 heteroatoms. The van der Waals surface area contributed by atoms with Crippen LogP contribution < -0.4 is 5.73 Å². The molecule has 0 radical (unpaired) electrons. The Hall–Kier alpha value is -0.570. The van der Waals surface area contributed by atoms with Gasteiger partial charge in [0.15, 0.2) is 5.13 Å². The van der Waals surface area contributed by atoms with Gasteiger partial charge in [0, 0.05) is 10.8 Å². The standard InChI is InChI=1S/C9H14N2S/c1-2-9(4-3-5-9)7-6-12-8(10)11-7/h6H,2-5H2,1H3,(H2,10,11). The summed E-state index contributed by atoms with van der Waals surface area (Å²) in [6, 6.07) is 0. The Morgan fingerprint density at radius 3 is 2.75 bits per heavy atom. The largest absolute Gasteiger partial charge is 0.375 e. The first kappa shape index (κ1) is 8.05. The number of nitrogen functional groups attached to an aromatic ring is 1. The number of thiazole rings is 1. The quantitative estimate of drug-likeness (QED) is 0.763. The molecule has 1 aromatic rings. The highest BCUT2D eigenvalue weighted by molar-refractivity contribution is 7.13. The fourth-order valence-corrected chi connectivity index (χ4v) is 2.61. The summed E-state index contributed by atoms with van der Waals surface area (Å²) in [6.45, 7) is 2.24. The maximum Gasteiger partial charge on any atom is 0.180 e. The summed E-state index contributed by atoms with van der Waals surface area (Å²) in [6.07, 6.45) is 5.15. The molecule has 2 rings (SSSR count). The molecule has 0 spiro atoms. The lowest BCUT2D eigenvalue weighted by molar-refractivity contribution is 0.229. The number of hydrogen-bond acceptors (Lipinski definition) is 3. The third-order valence-electron chi connectivity index (χ3n) is 3.05. The number of hydrogen-bond donors (Lipinski definition) is 1. The molecular formula is C9H14N2S. The fourth-order valence-electron chi connectivity index (χ4n) is 1.93. The summed E-state index contributed by atoms with van der Waals surface area (Å²) in [4.78, 5) is 4.37. The number of anilines is 1. The Bertz CT molecular complexity index is 270. The number of nitrogens with two attached hydrogens (primary N) is 1. The van der Waals surface area contributed by atoms with Gasteiger partial charge in [0.1, 0.15) is 0 Å². The van der Waals surface area contributed by atoms with Gasteiger partial charge in [0.05, 0.1) is 5.69 Å². The van der Waals surface area contributed by atoms with Gasteiger partial charge in [-0.2, -0.15) is 0 Å². The van der Waals surface area contributed by atoms with Crippen LogP contribution in [-0.4, -0.2) is 4.98 Å². The minimum atomic E-state index is 0.397. The average molecular weight is 182 g/mol. The molecule has 1 heterocycles. The third kappa shape index (κ3) is 1.04. The monoisotopic (exact) mass is 182 g/mol. The van der Waals surface area contributed by atoms with E-state index in [1.54, 1.807) is 11.3 Å². The van der Waals surface area contributed by atoms with Gasteiger partial charge in [0.25, 0.3) is 0 Å². The van der Waals surface area contributed by atoms with Crippen LogP contribution in [0.4, 0.5) is 5.13 Å². The molecule has 0 amide bonds. The van der Waals surface area contributed by atoms with Gasteiger partial charge in [0.2, 0.25) is 0 Å². The SMILES string of the molecule is CCC1(c2csc(N)n2)CCC1. The molecule has 2 nitrogen and oxygen atoms in total. The fraction of sp³-hybridized carbons (Fsp3) is 0.667. The Balaban J connectivity index is 2.27. The van der Waals surface area contributed by atoms with Crippen molar-refractivity contribution in [3.8, 4) is 0 Å². The predicted octanol–water partition coefficient (Wildman–Crippen LogP) is 2.56. The molecule has 1 aromatic heterocycles. The summed E-state index contributed by atoms with van der Waals surface area (Å²) in [5, 5.41) is 2.84. The van der Waals surface area contributed by atoms with Crippen molar-refractivity contribution in [2.24, 2.45) is 0 Å². The molecule has 0 saturated heterocycles. The van der Waals surface area contributed by atoms with Crippen molar-refractivity contribution in [1.29, 1.82) is 0 Å².